The second-order valence-electron chi connectivity index (χ2n) is 2.87. The number of hydrogen-bond acceptors (Lipinski definition) is 2. The first-order valence-corrected chi connectivity index (χ1v) is 3.68. The highest BCUT2D eigenvalue weighted by Crippen LogP contribution is 2.33. The summed E-state index contributed by atoms with van der Waals surface area (Å²) in [4.78, 5) is 20.7. The molecule has 1 aliphatic rings. The summed E-state index contributed by atoms with van der Waals surface area (Å²) in [6, 6.07) is 0. The van der Waals surface area contributed by atoms with Gasteiger partial charge < -0.3 is 10.2 Å². The fourth-order valence-corrected chi connectivity index (χ4v) is 1.10. The van der Waals surface area contributed by atoms with Crippen LogP contribution in [-0.4, -0.2) is 34.0 Å². The zero-order valence-electron chi connectivity index (χ0n) is 7.08. The fourth-order valence-electron chi connectivity index (χ4n) is 1.10. The van der Waals surface area contributed by atoms with Gasteiger partial charge in [0, 0.05) is 6.08 Å². The standard InChI is InChI=1S/C8H5F3O4/c9-3-1-4(6(12)13)5(10)8(11,2-3)7(14)15/h1-2,5H,(H,12,13)(H,14,15). The molecule has 0 saturated carbocycles. The monoisotopic (exact) mass is 222 g/mol. The van der Waals surface area contributed by atoms with Gasteiger partial charge in [0.2, 0.25) is 0 Å². The number of rotatable bonds is 2. The topological polar surface area (TPSA) is 74.6 Å². The van der Waals surface area contributed by atoms with Gasteiger partial charge in [-0.3, -0.25) is 0 Å². The van der Waals surface area contributed by atoms with E-state index >= 15 is 0 Å². The molecule has 0 fully saturated rings. The molecule has 7 heteroatoms. The summed E-state index contributed by atoms with van der Waals surface area (Å²) in [6.07, 6.45) is -2.80. The quantitative estimate of drug-likeness (QED) is 0.730. The average molecular weight is 222 g/mol. The summed E-state index contributed by atoms with van der Waals surface area (Å²) in [5.74, 6) is -5.63. The molecule has 0 amide bonds. The molecule has 2 unspecified atom stereocenters. The van der Waals surface area contributed by atoms with Gasteiger partial charge in [-0.2, -0.15) is 0 Å². The molecule has 4 nitrogen and oxygen atoms in total. The Morgan fingerprint density at radius 3 is 2.33 bits per heavy atom. The van der Waals surface area contributed by atoms with Crippen molar-refractivity contribution in [1.82, 2.24) is 0 Å². The molecule has 82 valence electrons. The van der Waals surface area contributed by atoms with Crippen LogP contribution in [0, 0.1) is 0 Å². The summed E-state index contributed by atoms with van der Waals surface area (Å²) in [5, 5.41) is 16.7. The Labute approximate surface area is 81.3 Å². The van der Waals surface area contributed by atoms with Crippen molar-refractivity contribution in [2.75, 3.05) is 0 Å². The Morgan fingerprint density at radius 1 is 1.40 bits per heavy atom. The van der Waals surface area contributed by atoms with Crippen LogP contribution < -0.4 is 0 Å². The molecule has 1 rings (SSSR count). The lowest BCUT2D eigenvalue weighted by molar-refractivity contribution is -0.151. The van der Waals surface area contributed by atoms with Gasteiger partial charge in [-0.15, -0.1) is 0 Å². The smallest absolute Gasteiger partial charge is 0.349 e. The largest absolute Gasteiger partial charge is 0.479 e. The molecule has 0 aliphatic heterocycles. The molecule has 0 saturated heterocycles. The molecule has 2 N–H and O–H groups in total. The van der Waals surface area contributed by atoms with E-state index in [2.05, 4.69) is 0 Å². The molecule has 1 aliphatic carbocycles. The number of alkyl halides is 2. The number of carboxylic acid groups (broad SMARTS) is 2. The first kappa shape index (κ1) is 11.3. The van der Waals surface area contributed by atoms with E-state index < -0.39 is 35.2 Å². The predicted molar refractivity (Wildman–Crippen MR) is 41.3 cm³/mol. The summed E-state index contributed by atoms with van der Waals surface area (Å²) in [6.45, 7) is 0. The fraction of sp³-hybridized carbons (Fsp3) is 0.250. The highest BCUT2D eigenvalue weighted by Gasteiger charge is 2.51. The van der Waals surface area contributed by atoms with Gasteiger partial charge >= 0.3 is 11.9 Å². The van der Waals surface area contributed by atoms with Gasteiger partial charge in [0.15, 0.2) is 6.17 Å². The molecule has 0 bridgehead atoms. The van der Waals surface area contributed by atoms with Crippen molar-refractivity contribution in [3.63, 3.8) is 0 Å². The summed E-state index contributed by atoms with van der Waals surface area (Å²) in [5.41, 5.74) is -4.94. The van der Waals surface area contributed by atoms with E-state index in [0.717, 1.165) is 0 Å². The predicted octanol–water partition coefficient (Wildman–Crippen LogP) is 0.995. The zero-order chi connectivity index (χ0) is 11.8. The molecule has 0 radical (unpaired) electrons. The van der Waals surface area contributed by atoms with Crippen LogP contribution in [0.3, 0.4) is 0 Å². The Balaban J connectivity index is 3.26. The highest BCUT2D eigenvalue weighted by atomic mass is 19.2. The minimum absolute atomic E-state index is 0.105. The number of allylic oxidation sites excluding steroid dienone is 2. The summed E-state index contributed by atoms with van der Waals surface area (Å²) in [7, 11) is 0. The number of hydrogen-bond donors (Lipinski definition) is 2. The maximum Gasteiger partial charge on any atom is 0.349 e. The lowest BCUT2D eigenvalue weighted by Gasteiger charge is -2.24. The second kappa shape index (κ2) is 3.41. The lowest BCUT2D eigenvalue weighted by atomic mass is 9.89. The van der Waals surface area contributed by atoms with Crippen molar-refractivity contribution in [3.05, 3.63) is 23.6 Å². The molecular formula is C8H5F3O4. The minimum atomic E-state index is -3.67. The molecule has 0 heterocycles. The molecular weight excluding hydrogens is 217 g/mol. The number of aliphatic carboxylic acids is 2. The minimum Gasteiger partial charge on any atom is -0.479 e. The maximum atomic E-state index is 13.4. The van der Waals surface area contributed by atoms with E-state index in [0.29, 0.717) is 0 Å². The normalized spacial score (nSPS) is 30.5. The number of halogens is 3. The first-order chi connectivity index (χ1) is 6.79. The van der Waals surface area contributed by atoms with Crippen LogP contribution >= 0.6 is 0 Å². The van der Waals surface area contributed by atoms with Crippen LogP contribution in [0.2, 0.25) is 0 Å². The first-order valence-electron chi connectivity index (χ1n) is 3.68. The molecule has 0 aromatic heterocycles. The molecule has 0 spiro atoms. The molecule has 15 heavy (non-hydrogen) atoms. The summed E-state index contributed by atoms with van der Waals surface area (Å²) >= 11 is 0. The van der Waals surface area contributed by atoms with Gasteiger partial charge in [-0.1, -0.05) is 0 Å². The van der Waals surface area contributed by atoms with E-state index in [4.69, 9.17) is 10.2 Å². The van der Waals surface area contributed by atoms with Crippen LogP contribution in [0.15, 0.2) is 23.6 Å². The molecule has 0 aromatic carbocycles. The van der Waals surface area contributed by atoms with Gasteiger partial charge in [0.05, 0.1) is 5.57 Å². The SMILES string of the molecule is O=C(O)C1=CC(F)=CC(F)(C(=O)O)C1F. The molecule has 2 atom stereocenters. The zero-order valence-corrected chi connectivity index (χ0v) is 7.08. The van der Waals surface area contributed by atoms with Gasteiger partial charge in [0.1, 0.15) is 5.83 Å². The van der Waals surface area contributed by atoms with Crippen molar-refractivity contribution in [2.24, 2.45) is 0 Å². The Morgan fingerprint density at radius 2 is 1.93 bits per heavy atom. The maximum absolute atomic E-state index is 13.4. The van der Waals surface area contributed by atoms with Crippen molar-refractivity contribution in [2.45, 2.75) is 11.8 Å². The Bertz CT molecular complexity index is 387. The highest BCUT2D eigenvalue weighted by molar-refractivity contribution is 5.93. The number of carboxylic acids is 2. The summed E-state index contributed by atoms with van der Waals surface area (Å²) < 4.78 is 39.2. The third kappa shape index (κ3) is 1.72. The Kier molecular flexibility index (Phi) is 2.57. The number of carbonyl (C=O) groups is 2. The Hall–Kier alpha value is -1.79. The van der Waals surface area contributed by atoms with Crippen LogP contribution in [-0.2, 0) is 9.59 Å². The average Bonchev–Trinajstić information content (AvgIpc) is 2.10. The van der Waals surface area contributed by atoms with Crippen LogP contribution in [0.5, 0.6) is 0 Å². The van der Waals surface area contributed by atoms with Crippen molar-refractivity contribution < 1.29 is 33.0 Å². The van der Waals surface area contributed by atoms with Crippen molar-refractivity contribution >= 4 is 11.9 Å². The van der Waals surface area contributed by atoms with Crippen molar-refractivity contribution in [3.8, 4) is 0 Å². The van der Waals surface area contributed by atoms with Gasteiger partial charge in [-0.25, -0.2) is 22.8 Å². The van der Waals surface area contributed by atoms with E-state index in [-0.39, 0.29) is 12.2 Å². The second-order valence-corrected chi connectivity index (χ2v) is 2.87. The van der Waals surface area contributed by atoms with Crippen molar-refractivity contribution in [1.29, 1.82) is 0 Å². The molecule has 0 aromatic rings. The van der Waals surface area contributed by atoms with E-state index in [1.165, 1.54) is 0 Å². The van der Waals surface area contributed by atoms with E-state index in [1.807, 2.05) is 0 Å². The van der Waals surface area contributed by atoms with Crippen LogP contribution in [0.1, 0.15) is 0 Å². The van der Waals surface area contributed by atoms with Gasteiger partial charge in [0.25, 0.3) is 5.67 Å². The van der Waals surface area contributed by atoms with Crippen LogP contribution in [0.25, 0.3) is 0 Å². The third-order valence-electron chi connectivity index (χ3n) is 1.86. The lowest BCUT2D eigenvalue weighted by Crippen LogP contribution is -2.45. The van der Waals surface area contributed by atoms with E-state index in [9.17, 15) is 22.8 Å². The third-order valence-corrected chi connectivity index (χ3v) is 1.86. The van der Waals surface area contributed by atoms with Crippen LogP contribution in [0.4, 0.5) is 13.2 Å². The van der Waals surface area contributed by atoms with E-state index in [1.54, 1.807) is 0 Å². The van der Waals surface area contributed by atoms with Gasteiger partial charge in [-0.05, 0) is 6.08 Å².